The molecule has 0 aliphatic heterocycles. The van der Waals surface area contributed by atoms with Crippen molar-refractivity contribution in [1.82, 2.24) is 4.98 Å². The van der Waals surface area contributed by atoms with Crippen molar-refractivity contribution in [2.45, 2.75) is 25.7 Å². The first-order chi connectivity index (χ1) is 12.9. The summed E-state index contributed by atoms with van der Waals surface area (Å²) in [6.07, 6.45) is 2.07. The minimum absolute atomic E-state index is 0.222. The van der Waals surface area contributed by atoms with Gasteiger partial charge in [-0.15, -0.1) is 0 Å². The van der Waals surface area contributed by atoms with Crippen LogP contribution in [0, 0.1) is 22.9 Å². The summed E-state index contributed by atoms with van der Waals surface area (Å²) in [5, 5.41) is 14.1. The lowest BCUT2D eigenvalue weighted by molar-refractivity contribution is -0.384. The first-order valence-corrected chi connectivity index (χ1v) is 8.59. The van der Waals surface area contributed by atoms with Gasteiger partial charge >= 0.3 is 0 Å². The van der Waals surface area contributed by atoms with Crippen molar-refractivity contribution >= 4 is 28.2 Å². The van der Waals surface area contributed by atoms with Crippen molar-refractivity contribution < 1.29 is 14.1 Å². The molecule has 1 fully saturated rings. The van der Waals surface area contributed by atoms with E-state index in [1.807, 2.05) is 25.1 Å². The van der Waals surface area contributed by atoms with Crippen LogP contribution < -0.4 is 5.32 Å². The van der Waals surface area contributed by atoms with Gasteiger partial charge in [0.1, 0.15) is 5.82 Å². The van der Waals surface area contributed by atoms with E-state index in [0.717, 1.165) is 42.3 Å². The Morgan fingerprint density at radius 2 is 2.00 bits per heavy atom. The van der Waals surface area contributed by atoms with Crippen LogP contribution in [0.3, 0.4) is 0 Å². The lowest BCUT2D eigenvalue weighted by Crippen LogP contribution is -2.14. The number of halogens is 1. The Kier molecular flexibility index (Phi) is 4.07. The zero-order chi connectivity index (χ0) is 19.1. The third-order valence-electron chi connectivity index (χ3n) is 4.63. The highest BCUT2D eigenvalue weighted by Crippen LogP contribution is 2.40. The zero-order valence-corrected chi connectivity index (χ0v) is 14.5. The molecule has 0 unspecified atom stereocenters. The molecule has 1 heterocycles. The molecule has 1 aromatic heterocycles. The minimum atomic E-state index is -0.731. The second kappa shape index (κ2) is 6.42. The molecule has 3 aromatic rings. The number of amides is 1. The Morgan fingerprint density at radius 3 is 2.70 bits per heavy atom. The fraction of sp³-hybridized carbons (Fsp3) is 0.200. The van der Waals surface area contributed by atoms with Crippen molar-refractivity contribution in [3.63, 3.8) is 0 Å². The maximum absolute atomic E-state index is 14.1. The number of aromatic nitrogens is 1. The molecule has 2 aromatic carbocycles. The number of aryl methyl sites for hydroxylation is 1. The van der Waals surface area contributed by atoms with E-state index in [-0.39, 0.29) is 11.4 Å². The van der Waals surface area contributed by atoms with Crippen LogP contribution in [0.1, 0.15) is 40.4 Å². The van der Waals surface area contributed by atoms with Gasteiger partial charge in [-0.25, -0.2) is 4.39 Å². The van der Waals surface area contributed by atoms with E-state index in [4.69, 9.17) is 0 Å². The molecule has 0 atom stereocenters. The summed E-state index contributed by atoms with van der Waals surface area (Å²) >= 11 is 0. The molecule has 1 amide bonds. The van der Waals surface area contributed by atoms with Gasteiger partial charge in [-0.3, -0.25) is 19.9 Å². The normalized spacial score (nSPS) is 13.6. The van der Waals surface area contributed by atoms with Crippen LogP contribution in [-0.4, -0.2) is 15.8 Å². The zero-order valence-electron chi connectivity index (χ0n) is 14.5. The Labute approximate surface area is 154 Å². The number of fused-ring (bicyclic) bond motifs is 1. The van der Waals surface area contributed by atoms with Gasteiger partial charge in [0.15, 0.2) is 0 Å². The molecule has 1 aliphatic carbocycles. The fourth-order valence-corrected chi connectivity index (χ4v) is 3.05. The number of nitrogens with one attached hydrogen (secondary N) is 1. The highest BCUT2D eigenvalue weighted by molar-refractivity contribution is 6.12. The van der Waals surface area contributed by atoms with Crippen LogP contribution in [0.4, 0.5) is 15.8 Å². The monoisotopic (exact) mass is 365 g/mol. The van der Waals surface area contributed by atoms with Gasteiger partial charge in [-0.2, -0.15) is 0 Å². The van der Waals surface area contributed by atoms with Gasteiger partial charge < -0.3 is 5.32 Å². The van der Waals surface area contributed by atoms with Crippen LogP contribution in [0.15, 0.2) is 42.5 Å². The van der Waals surface area contributed by atoms with Crippen LogP contribution >= 0.6 is 0 Å². The second-order valence-electron chi connectivity index (χ2n) is 6.76. The Morgan fingerprint density at radius 1 is 1.22 bits per heavy atom. The standard InChI is InChI=1S/C20H16FN3O3/c1-11-2-7-17-14(8-11)15(10-18(22-17)12-3-4-12)20(25)23-19-9-13(24(26)27)5-6-16(19)21/h2,5-10,12H,3-4H2,1H3,(H,23,25). The van der Waals surface area contributed by atoms with E-state index in [1.54, 1.807) is 6.07 Å². The maximum atomic E-state index is 14.1. The van der Waals surface area contributed by atoms with Gasteiger partial charge in [0.2, 0.25) is 0 Å². The minimum Gasteiger partial charge on any atom is -0.319 e. The number of nitrogens with zero attached hydrogens (tertiary/aromatic N) is 2. The van der Waals surface area contributed by atoms with Gasteiger partial charge in [0.25, 0.3) is 11.6 Å². The van der Waals surface area contributed by atoms with E-state index in [2.05, 4.69) is 10.3 Å². The summed E-state index contributed by atoms with van der Waals surface area (Å²) in [5.74, 6) is -0.906. The number of anilines is 1. The number of nitro groups is 1. The van der Waals surface area contributed by atoms with Gasteiger partial charge in [-0.1, -0.05) is 11.6 Å². The topological polar surface area (TPSA) is 85.1 Å². The summed E-state index contributed by atoms with van der Waals surface area (Å²) in [5.41, 5.74) is 2.39. The number of hydrogen-bond acceptors (Lipinski definition) is 4. The van der Waals surface area contributed by atoms with E-state index >= 15 is 0 Å². The molecule has 136 valence electrons. The average molecular weight is 365 g/mol. The molecule has 0 radical (unpaired) electrons. The highest BCUT2D eigenvalue weighted by atomic mass is 19.1. The largest absolute Gasteiger partial charge is 0.319 e. The van der Waals surface area contributed by atoms with Gasteiger partial charge in [0.05, 0.1) is 21.7 Å². The lowest BCUT2D eigenvalue weighted by atomic mass is 10.0. The first-order valence-electron chi connectivity index (χ1n) is 8.59. The van der Waals surface area contributed by atoms with Crippen molar-refractivity contribution in [2.24, 2.45) is 0 Å². The van der Waals surface area contributed by atoms with Crippen LogP contribution in [0.25, 0.3) is 10.9 Å². The molecular formula is C20H16FN3O3. The quantitative estimate of drug-likeness (QED) is 0.535. The fourth-order valence-electron chi connectivity index (χ4n) is 3.05. The summed E-state index contributed by atoms with van der Waals surface area (Å²) in [6, 6.07) is 10.4. The molecule has 7 heteroatoms. The highest BCUT2D eigenvalue weighted by Gasteiger charge is 2.27. The van der Waals surface area contributed by atoms with E-state index in [1.165, 1.54) is 0 Å². The van der Waals surface area contributed by atoms with Crippen molar-refractivity contribution in [1.29, 1.82) is 0 Å². The van der Waals surface area contributed by atoms with Crippen molar-refractivity contribution in [2.75, 3.05) is 5.32 Å². The number of nitro benzene ring substituents is 1. The van der Waals surface area contributed by atoms with Crippen LogP contribution in [0.2, 0.25) is 0 Å². The summed E-state index contributed by atoms with van der Waals surface area (Å²) in [7, 11) is 0. The number of pyridine rings is 1. The summed E-state index contributed by atoms with van der Waals surface area (Å²) in [6.45, 7) is 1.91. The van der Waals surface area contributed by atoms with Crippen molar-refractivity contribution in [3.05, 3.63) is 75.2 Å². The predicted octanol–water partition coefficient (Wildman–Crippen LogP) is 4.72. The SMILES string of the molecule is Cc1ccc2nc(C3CC3)cc(C(=O)Nc3cc([N+](=O)[O-])ccc3F)c2c1. The molecule has 6 nitrogen and oxygen atoms in total. The van der Waals surface area contributed by atoms with E-state index in [0.29, 0.717) is 22.4 Å². The summed E-state index contributed by atoms with van der Waals surface area (Å²) < 4.78 is 14.1. The first kappa shape index (κ1) is 17.1. The number of non-ortho nitro benzene ring substituents is 1. The molecule has 27 heavy (non-hydrogen) atoms. The van der Waals surface area contributed by atoms with Gasteiger partial charge in [-0.05, 0) is 44.0 Å². The van der Waals surface area contributed by atoms with E-state index in [9.17, 15) is 19.3 Å². The molecule has 1 N–H and O–H groups in total. The molecule has 0 bridgehead atoms. The van der Waals surface area contributed by atoms with Crippen LogP contribution in [0.5, 0.6) is 0 Å². The average Bonchev–Trinajstić information content (AvgIpc) is 3.47. The maximum Gasteiger partial charge on any atom is 0.271 e. The molecule has 4 rings (SSSR count). The number of rotatable bonds is 4. The molecule has 1 saturated carbocycles. The molecular weight excluding hydrogens is 349 g/mol. The number of hydrogen-bond donors (Lipinski definition) is 1. The predicted molar refractivity (Wildman–Crippen MR) is 99.5 cm³/mol. The molecule has 0 saturated heterocycles. The number of benzene rings is 2. The smallest absolute Gasteiger partial charge is 0.271 e. The van der Waals surface area contributed by atoms with Crippen molar-refractivity contribution in [3.8, 4) is 0 Å². The second-order valence-corrected chi connectivity index (χ2v) is 6.76. The number of carbonyl (C=O) groups excluding carboxylic acids is 1. The van der Waals surface area contributed by atoms with Crippen LogP contribution in [-0.2, 0) is 0 Å². The molecule has 1 aliphatic rings. The number of carbonyl (C=O) groups is 1. The summed E-state index contributed by atoms with van der Waals surface area (Å²) in [4.78, 5) is 27.8. The molecule has 0 spiro atoms. The lowest BCUT2D eigenvalue weighted by Gasteiger charge is -2.11. The Bertz CT molecular complexity index is 1090. The third kappa shape index (κ3) is 3.36. The Hall–Kier alpha value is -3.35. The Balaban J connectivity index is 1.77. The third-order valence-corrected chi connectivity index (χ3v) is 4.63. The van der Waals surface area contributed by atoms with Gasteiger partial charge in [0, 0.05) is 29.1 Å². The van der Waals surface area contributed by atoms with E-state index < -0.39 is 16.6 Å².